The molecule has 6 aromatic rings. The minimum absolute atomic E-state index is 0.212. The van der Waals surface area contributed by atoms with Gasteiger partial charge in [0.25, 0.3) is 0 Å². The lowest BCUT2D eigenvalue weighted by Crippen LogP contribution is -2.27. The highest BCUT2D eigenvalue weighted by molar-refractivity contribution is 7.36. The fourth-order valence-corrected chi connectivity index (χ4v) is 13.8. The van der Waals surface area contributed by atoms with Gasteiger partial charge in [-0.25, -0.2) is 10.3 Å². The van der Waals surface area contributed by atoms with Gasteiger partial charge in [-0.3, -0.25) is 0 Å². The van der Waals surface area contributed by atoms with Gasteiger partial charge in [0.15, 0.2) is 11.5 Å². The smallest absolute Gasteiger partial charge is 0.350 e. The van der Waals surface area contributed by atoms with E-state index in [1.807, 2.05) is 18.2 Å². The number of ether oxygens (including phenoxy) is 4. The predicted octanol–water partition coefficient (Wildman–Crippen LogP) is 11.7. The Balaban J connectivity index is 1.24. The maximum atomic E-state index is 9.24. The van der Waals surface area contributed by atoms with Crippen LogP contribution in [0.25, 0.3) is 53.3 Å². The van der Waals surface area contributed by atoms with Crippen molar-refractivity contribution in [2.75, 3.05) is 14.2 Å². The molecule has 0 spiro atoms. The molecule has 2 aliphatic rings. The van der Waals surface area contributed by atoms with E-state index in [9.17, 15) is 15.8 Å². The molecule has 0 unspecified atom stereocenters. The average Bonchev–Trinajstić information content (AvgIpc) is 3.96. The second-order valence-electron chi connectivity index (χ2n) is 12.4. The van der Waals surface area contributed by atoms with E-state index in [-0.39, 0.29) is 11.5 Å². The van der Waals surface area contributed by atoms with Gasteiger partial charge in [0.2, 0.25) is 10.7 Å². The highest BCUT2D eigenvalue weighted by Gasteiger charge is 2.43. The average molecular weight is 795 g/mol. The first-order valence-corrected chi connectivity index (χ1v) is 20.2. The van der Waals surface area contributed by atoms with Crippen molar-refractivity contribution in [2.45, 2.75) is 38.9 Å². The molecule has 6 aromatic heterocycles. The zero-order valence-corrected chi connectivity index (χ0v) is 33.0. The zero-order valence-electron chi connectivity index (χ0n) is 28.1. The summed E-state index contributed by atoms with van der Waals surface area (Å²) in [6.45, 7) is 15.5. The van der Waals surface area contributed by atoms with Crippen LogP contribution in [-0.2, 0) is 11.2 Å². The van der Waals surface area contributed by atoms with Gasteiger partial charge in [0.1, 0.15) is 45.9 Å². The van der Waals surface area contributed by atoms with Gasteiger partial charge < -0.3 is 23.8 Å². The maximum Gasteiger partial charge on any atom is 0.350 e. The van der Waals surface area contributed by atoms with Gasteiger partial charge in [-0.05, 0) is 39.8 Å². The third kappa shape index (κ3) is 5.22. The second kappa shape index (κ2) is 12.3. The van der Waals surface area contributed by atoms with Crippen LogP contribution in [0.15, 0.2) is 34.3 Å². The highest BCUT2D eigenvalue weighted by Crippen LogP contribution is 2.65. The Hall–Kier alpha value is -5.04. The van der Waals surface area contributed by atoms with Crippen LogP contribution >= 0.6 is 68.0 Å². The summed E-state index contributed by atoms with van der Waals surface area (Å²) >= 11 is 9.41. The van der Waals surface area contributed by atoms with E-state index < -0.39 is 11.2 Å². The minimum atomic E-state index is -0.633. The van der Waals surface area contributed by atoms with Gasteiger partial charge >= 0.3 is 5.84 Å². The molecule has 0 fully saturated rings. The van der Waals surface area contributed by atoms with Crippen LogP contribution < -0.4 is 18.9 Å². The summed E-state index contributed by atoms with van der Waals surface area (Å²) in [5, 5.41) is 28.7. The highest BCUT2D eigenvalue weighted by atomic mass is 32.1. The number of hydrogen-bond donors (Lipinski definition) is 0. The third-order valence-corrected chi connectivity index (χ3v) is 15.9. The number of rotatable bonds is 6. The van der Waals surface area contributed by atoms with Crippen LogP contribution in [0.1, 0.15) is 38.8 Å². The van der Waals surface area contributed by atoms with Crippen molar-refractivity contribution in [3.63, 3.8) is 0 Å². The molecule has 52 heavy (non-hydrogen) atoms. The van der Waals surface area contributed by atoms with Crippen molar-refractivity contribution in [2.24, 2.45) is 9.98 Å². The zero-order chi connectivity index (χ0) is 36.7. The topological polar surface area (TPSA) is 137 Å². The summed E-state index contributed by atoms with van der Waals surface area (Å²) in [5.74, 6) is 2.72. The third-order valence-electron chi connectivity index (χ3n) is 8.44. The van der Waals surface area contributed by atoms with Gasteiger partial charge in [-0.15, -0.1) is 56.7 Å². The Bertz CT molecular complexity index is 2520. The molecule has 16 heteroatoms. The molecule has 0 amide bonds. The summed E-state index contributed by atoms with van der Waals surface area (Å²) in [6.07, 6.45) is 0. The van der Waals surface area contributed by atoms with Crippen molar-refractivity contribution in [1.29, 1.82) is 15.8 Å². The lowest BCUT2D eigenvalue weighted by atomic mass is 9.94. The van der Waals surface area contributed by atoms with Crippen LogP contribution in [0.5, 0.6) is 23.0 Å². The van der Waals surface area contributed by atoms with E-state index >= 15 is 0 Å². The number of methoxy groups -OCH3 is 2. The fraction of sp³-hybridized carbons (Fsp3) is 0.222. The summed E-state index contributed by atoms with van der Waals surface area (Å²) in [6, 6.07) is 13.3. The van der Waals surface area contributed by atoms with E-state index in [0.717, 1.165) is 71.0 Å². The largest absolute Gasteiger partial charge is 0.495 e. The van der Waals surface area contributed by atoms with Crippen molar-refractivity contribution >= 4 is 99.0 Å². The standard InChI is InChI=1S/C36H22N6O4S6/c1-35(2)16-8-20(29-18(43-6)10-23(49-29)41-15(12-37)13-38)47-27(16)31-25(45-35)33-34(51-31)26-32(52-33)28-17(36(3,4)46-26)9-21(48-28)30-19(44-7)11-24(50-30)42-22(14-39)40-5/h8-11H,1-4,6-7H3. The molecule has 0 atom stereocenters. The fourth-order valence-electron chi connectivity index (χ4n) is 6.08. The monoisotopic (exact) mass is 794 g/mol. The van der Waals surface area contributed by atoms with Crippen molar-refractivity contribution < 1.29 is 18.9 Å². The first-order valence-electron chi connectivity index (χ1n) is 15.3. The Labute approximate surface area is 321 Å². The first-order chi connectivity index (χ1) is 24.9. The van der Waals surface area contributed by atoms with Gasteiger partial charge in [-0.1, -0.05) is 22.9 Å². The molecule has 0 aliphatic carbocycles. The van der Waals surface area contributed by atoms with Crippen molar-refractivity contribution in [3.05, 3.63) is 46.8 Å². The molecule has 8 rings (SSSR count). The van der Waals surface area contributed by atoms with E-state index in [0.29, 0.717) is 21.5 Å². The van der Waals surface area contributed by atoms with Gasteiger partial charge in [0, 0.05) is 33.0 Å². The van der Waals surface area contributed by atoms with Crippen LogP contribution in [0.2, 0.25) is 0 Å². The molecule has 0 saturated heterocycles. The molecule has 0 aromatic carbocycles. The predicted molar refractivity (Wildman–Crippen MR) is 211 cm³/mol. The van der Waals surface area contributed by atoms with Crippen molar-refractivity contribution in [3.8, 4) is 80.2 Å². The number of aliphatic imine (C=N–C) groups is 2. The second-order valence-corrected chi connectivity index (χ2v) is 18.6. The van der Waals surface area contributed by atoms with Crippen molar-refractivity contribution in [1.82, 2.24) is 0 Å². The Morgan fingerprint density at radius 3 is 1.52 bits per heavy atom. The molecule has 8 heterocycles. The lowest BCUT2D eigenvalue weighted by Gasteiger charge is -2.31. The maximum absolute atomic E-state index is 9.24. The van der Waals surface area contributed by atoms with E-state index in [4.69, 9.17) is 25.5 Å². The molecule has 0 radical (unpaired) electrons. The Kier molecular flexibility index (Phi) is 8.05. The minimum Gasteiger partial charge on any atom is -0.495 e. The quantitative estimate of drug-likeness (QED) is 0.0929. The Morgan fingerprint density at radius 1 is 0.654 bits per heavy atom. The summed E-state index contributed by atoms with van der Waals surface area (Å²) in [4.78, 5) is 19.7. The lowest BCUT2D eigenvalue weighted by molar-refractivity contribution is 0.108. The van der Waals surface area contributed by atoms with Crippen LogP contribution in [0.4, 0.5) is 10.0 Å². The van der Waals surface area contributed by atoms with Crippen LogP contribution in [0.3, 0.4) is 0 Å². The number of thiophene rings is 6. The molecule has 0 N–H and O–H groups in total. The number of nitrogens with zero attached hydrogens (tertiary/aromatic N) is 6. The molecule has 256 valence electrons. The molecule has 0 saturated carbocycles. The Morgan fingerprint density at radius 2 is 1.12 bits per heavy atom. The molecule has 10 nitrogen and oxygen atoms in total. The molecule has 0 bridgehead atoms. The van der Waals surface area contributed by atoms with E-state index in [2.05, 4.69) is 54.7 Å². The number of hydrogen-bond acceptors (Lipinski definition) is 15. The van der Waals surface area contributed by atoms with E-state index in [1.165, 1.54) is 22.7 Å². The number of amidine groups is 1. The van der Waals surface area contributed by atoms with Crippen LogP contribution in [-0.4, -0.2) is 25.8 Å². The summed E-state index contributed by atoms with van der Waals surface area (Å²) in [5.41, 5.74) is 0.658. The van der Waals surface area contributed by atoms with Gasteiger partial charge in [-0.2, -0.15) is 10.5 Å². The molecular formula is C36H22N6O4S6. The van der Waals surface area contributed by atoms with Gasteiger partial charge in [0.05, 0.1) is 52.9 Å². The molecule has 2 aliphatic heterocycles. The summed E-state index contributed by atoms with van der Waals surface area (Å²) < 4.78 is 27.2. The molecular weight excluding hydrogens is 773 g/mol. The summed E-state index contributed by atoms with van der Waals surface area (Å²) in [7, 11) is 3.20. The number of fused-ring (bicyclic) bond motifs is 9. The van der Waals surface area contributed by atoms with Crippen LogP contribution in [0, 0.1) is 40.6 Å². The first kappa shape index (κ1) is 34.1. The normalized spacial score (nSPS) is 14.6. The number of nitriles is 3. The SMILES string of the molecule is [C-]#[N+]C(C#N)=Nc1cc(OC)c(-c2cc3c(s2)-c2sc4c5c(sc4c2OC3(C)C)-c2sc(-c3sc(N=C(C#N)C#N)cc3OC)cc2C(C)(C)O5)s1. The van der Waals surface area contributed by atoms with E-state index in [1.54, 1.807) is 71.7 Å².